The van der Waals surface area contributed by atoms with Gasteiger partial charge in [-0.2, -0.15) is 0 Å². The number of benzene rings is 3. The molecule has 0 heterocycles. The monoisotopic (exact) mass is 545 g/mol. The summed E-state index contributed by atoms with van der Waals surface area (Å²) in [4.78, 5) is 42.1. The second kappa shape index (κ2) is 13.6. The molecule has 2 unspecified atom stereocenters. The Hall–Kier alpha value is -4.33. The Labute approximate surface area is 236 Å². The fourth-order valence-corrected chi connectivity index (χ4v) is 4.37. The SMILES string of the molecule is CCN(C(=O)C(Cc1ccccc1)NC(=O)OC(C)(C)C)C(C(=O)NCc1ccccc1)c1ccc(O)c(C)c1. The van der Waals surface area contributed by atoms with Crippen LogP contribution in [0.4, 0.5) is 4.79 Å². The van der Waals surface area contributed by atoms with Crippen LogP contribution in [-0.2, 0) is 27.3 Å². The van der Waals surface area contributed by atoms with Gasteiger partial charge in [-0.15, -0.1) is 0 Å². The van der Waals surface area contributed by atoms with E-state index >= 15 is 0 Å². The molecule has 0 aliphatic rings. The summed E-state index contributed by atoms with van der Waals surface area (Å²) >= 11 is 0. The Morgan fingerprint density at radius 1 is 0.925 bits per heavy atom. The lowest BCUT2D eigenvalue weighted by Gasteiger charge is -2.34. The number of ether oxygens (including phenoxy) is 1. The van der Waals surface area contributed by atoms with Crippen LogP contribution in [0.5, 0.6) is 5.75 Å². The maximum atomic E-state index is 14.2. The average Bonchev–Trinajstić information content (AvgIpc) is 2.91. The summed E-state index contributed by atoms with van der Waals surface area (Å²) in [5.74, 6) is -0.710. The second-order valence-electron chi connectivity index (χ2n) is 10.7. The lowest BCUT2D eigenvalue weighted by atomic mass is 9.98. The van der Waals surface area contributed by atoms with Gasteiger partial charge < -0.3 is 25.4 Å². The molecule has 0 bridgehead atoms. The maximum Gasteiger partial charge on any atom is 0.408 e. The Morgan fingerprint density at radius 2 is 1.52 bits per heavy atom. The zero-order valence-electron chi connectivity index (χ0n) is 23.8. The first-order valence-corrected chi connectivity index (χ1v) is 13.4. The number of nitrogens with zero attached hydrogens (tertiary/aromatic N) is 1. The molecule has 8 heteroatoms. The summed E-state index contributed by atoms with van der Waals surface area (Å²) in [5.41, 5.74) is 2.14. The predicted molar refractivity (Wildman–Crippen MR) is 155 cm³/mol. The third-order valence-corrected chi connectivity index (χ3v) is 6.30. The summed E-state index contributed by atoms with van der Waals surface area (Å²) in [6.07, 6.45) is -0.508. The van der Waals surface area contributed by atoms with E-state index in [2.05, 4.69) is 10.6 Å². The number of likely N-dealkylation sites (N-methyl/N-ethyl adjacent to an activating group) is 1. The number of rotatable bonds is 10. The van der Waals surface area contributed by atoms with Gasteiger partial charge in [-0.05, 0) is 69.0 Å². The first-order chi connectivity index (χ1) is 19.0. The summed E-state index contributed by atoms with van der Waals surface area (Å²) < 4.78 is 5.45. The van der Waals surface area contributed by atoms with E-state index in [1.807, 2.05) is 60.7 Å². The van der Waals surface area contributed by atoms with Crippen molar-refractivity contribution >= 4 is 17.9 Å². The topological polar surface area (TPSA) is 108 Å². The Morgan fingerprint density at radius 3 is 2.08 bits per heavy atom. The Balaban J connectivity index is 1.97. The van der Waals surface area contributed by atoms with Crippen LogP contribution in [0.2, 0.25) is 0 Å². The van der Waals surface area contributed by atoms with Crippen LogP contribution in [0.1, 0.15) is 56.0 Å². The first-order valence-electron chi connectivity index (χ1n) is 13.4. The molecule has 3 rings (SSSR count). The molecule has 0 fully saturated rings. The quantitative estimate of drug-likeness (QED) is 0.331. The number of hydrogen-bond donors (Lipinski definition) is 3. The normalized spacial score (nSPS) is 12.6. The van der Waals surface area contributed by atoms with Crippen LogP contribution < -0.4 is 10.6 Å². The van der Waals surface area contributed by atoms with Crippen molar-refractivity contribution in [3.8, 4) is 5.75 Å². The molecule has 2 atom stereocenters. The van der Waals surface area contributed by atoms with Crippen LogP contribution in [0.3, 0.4) is 0 Å². The van der Waals surface area contributed by atoms with Gasteiger partial charge in [-0.25, -0.2) is 4.79 Å². The summed E-state index contributed by atoms with van der Waals surface area (Å²) in [6.45, 7) is 9.25. The van der Waals surface area contributed by atoms with Gasteiger partial charge >= 0.3 is 6.09 Å². The molecule has 212 valence electrons. The van der Waals surface area contributed by atoms with Gasteiger partial charge in [-0.3, -0.25) is 9.59 Å². The standard InChI is InChI=1S/C32H39N3O5/c1-6-35(30(38)26(20-23-13-9-7-10-14-23)34-31(39)40-32(3,4)5)28(25-17-18-27(36)22(2)19-25)29(37)33-21-24-15-11-8-12-16-24/h7-19,26,28,36H,6,20-21H2,1-5H3,(H,33,37)(H,34,39). The zero-order valence-corrected chi connectivity index (χ0v) is 23.8. The molecule has 3 N–H and O–H groups in total. The van der Waals surface area contributed by atoms with Gasteiger partial charge in [0.2, 0.25) is 11.8 Å². The minimum absolute atomic E-state index is 0.0927. The van der Waals surface area contributed by atoms with Gasteiger partial charge in [0.15, 0.2) is 0 Å². The molecule has 3 aromatic carbocycles. The number of phenols is 1. The number of alkyl carbamates (subject to hydrolysis) is 1. The van der Waals surface area contributed by atoms with Crippen LogP contribution in [0.25, 0.3) is 0 Å². The highest BCUT2D eigenvalue weighted by Gasteiger charge is 2.35. The van der Waals surface area contributed by atoms with Crippen LogP contribution in [0.15, 0.2) is 78.9 Å². The zero-order chi connectivity index (χ0) is 29.3. The molecule has 0 aliphatic heterocycles. The molecule has 0 aromatic heterocycles. The molecule has 3 aromatic rings. The van der Waals surface area contributed by atoms with Gasteiger partial charge in [0.05, 0.1) is 0 Å². The summed E-state index contributed by atoms with van der Waals surface area (Å²) in [6, 6.07) is 21.7. The molecule has 0 saturated carbocycles. The number of aryl methyl sites for hydroxylation is 1. The van der Waals surface area contributed by atoms with Crippen LogP contribution in [-0.4, -0.2) is 46.1 Å². The number of hydrogen-bond acceptors (Lipinski definition) is 5. The Bertz CT molecular complexity index is 1290. The fourth-order valence-electron chi connectivity index (χ4n) is 4.37. The van der Waals surface area contributed by atoms with Crippen LogP contribution >= 0.6 is 0 Å². The lowest BCUT2D eigenvalue weighted by molar-refractivity contribution is -0.142. The number of amides is 3. The van der Waals surface area contributed by atoms with E-state index in [0.717, 1.165) is 11.1 Å². The highest BCUT2D eigenvalue weighted by molar-refractivity contribution is 5.92. The van der Waals surface area contributed by atoms with E-state index in [4.69, 9.17) is 4.74 Å². The molecule has 8 nitrogen and oxygen atoms in total. The Kier molecular flexibility index (Phi) is 10.3. The molecule has 0 radical (unpaired) electrons. The third-order valence-electron chi connectivity index (χ3n) is 6.30. The van der Waals surface area contributed by atoms with E-state index in [1.165, 1.54) is 11.0 Å². The van der Waals surface area contributed by atoms with Crippen LogP contribution in [0, 0.1) is 6.92 Å². The minimum atomic E-state index is -1.00. The highest BCUT2D eigenvalue weighted by Crippen LogP contribution is 2.27. The van der Waals surface area contributed by atoms with Crippen molar-refractivity contribution in [2.75, 3.05) is 6.54 Å². The number of aromatic hydroxyl groups is 1. The van der Waals surface area contributed by atoms with E-state index < -0.39 is 29.7 Å². The van der Waals surface area contributed by atoms with Gasteiger partial charge in [0, 0.05) is 19.5 Å². The molecule has 40 heavy (non-hydrogen) atoms. The van der Waals surface area contributed by atoms with Crippen molar-refractivity contribution in [2.24, 2.45) is 0 Å². The molecule has 0 spiro atoms. The molecule has 3 amide bonds. The number of nitrogens with one attached hydrogen (secondary N) is 2. The van der Waals surface area contributed by atoms with E-state index in [1.54, 1.807) is 46.8 Å². The van der Waals surface area contributed by atoms with Crippen molar-refractivity contribution in [3.05, 3.63) is 101 Å². The highest BCUT2D eigenvalue weighted by atomic mass is 16.6. The van der Waals surface area contributed by atoms with Crippen molar-refractivity contribution in [1.29, 1.82) is 0 Å². The molecule has 0 aliphatic carbocycles. The van der Waals surface area contributed by atoms with Crippen molar-refractivity contribution in [2.45, 2.75) is 65.3 Å². The van der Waals surface area contributed by atoms with Gasteiger partial charge in [0.1, 0.15) is 23.4 Å². The van der Waals surface area contributed by atoms with E-state index in [0.29, 0.717) is 11.1 Å². The molecular weight excluding hydrogens is 506 g/mol. The molecule has 0 saturated heterocycles. The first kappa shape index (κ1) is 30.2. The molecular formula is C32H39N3O5. The number of phenolic OH excluding ortho intramolecular Hbond substituents is 1. The summed E-state index contributed by atoms with van der Waals surface area (Å²) in [7, 11) is 0. The number of carbonyl (C=O) groups excluding carboxylic acids is 3. The predicted octanol–water partition coefficient (Wildman–Crippen LogP) is 5.04. The third kappa shape index (κ3) is 8.59. The second-order valence-corrected chi connectivity index (χ2v) is 10.7. The van der Waals surface area contributed by atoms with Crippen molar-refractivity contribution in [1.82, 2.24) is 15.5 Å². The average molecular weight is 546 g/mol. The van der Waals surface area contributed by atoms with E-state index in [9.17, 15) is 19.5 Å². The fraction of sp³-hybridized carbons (Fsp3) is 0.344. The van der Waals surface area contributed by atoms with E-state index in [-0.39, 0.29) is 31.2 Å². The number of carbonyl (C=O) groups is 3. The summed E-state index contributed by atoms with van der Waals surface area (Å²) in [5, 5.41) is 15.8. The minimum Gasteiger partial charge on any atom is -0.508 e. The van der Waals surface area contributed by atoms with Gasteiger partial charge in [0.25, 0.3) is 0 Å². The lowest BCUT2D eigenvalue weighted by Crippen LogP contribution is -2.53. The smallest absolute Gasteiger partial charge is 0.408 e. The van der Waals surface area contributed by atoms with Crippen molar-refractivity contribution in [3.63, 3.8) is 0 Å². The van der Waals surface area contributed by atoms with Gasteiger partial charge in [-0.1, -0.05) is 66.7 Å². The maximum absolute atomic E-state index is 14.2. The van der Waals surface area contributed by atoms with Crippen molar-refractivity contribution < 1.29 is 24.2 Å². The largest absolute Gasteiger partial charge is 0.508 e.